The molecule has 1 N–H and O–H groups in total. The van der Waals surface area contributed by atoms with Crippen LogP contribution in [-0.2, 0) is 24.1 Å². The number of carboxylic acids is 1. The summed E-state index contributed by atoms with van der Waals surface area (Å²) in [5.41, 5.74) is 0. The summed E-state index contributed by atoms with van der Waals surface area (Å²) in [4.78, 5) is 10.6. The molecule has 0 aliphatic heterocycles. The number of aromatic nitrogens is 7. The molecule has 90 valence electrons. The first-order chi connectivity index (χ1) is 8.16. The van der Waals surface area contributed by atoms with Crippen LogP contribution in [0.15, 0.2) is 11.5 Å². The zero-order valence-electron chi connectivity index (χ0n) is 8.89. The summed E-state index contributed by atoms with van der Waals surface area (Å²) in [5, 5.41) is 27.5. The van der Waals surface area contributed by atoms with Crippen molar-refractivity contribution in [3.8, 4) is 0 Å². The molecule has 2 rings (SSSR count). The van der Waals surface area contributed by atoms with Crippen molar-refractivity contribution in [3.63, 3.8) is 0 Å². The molecule has 0 amide bonds. The number of carbonyl (C=O) groups is 1. The number of rotatable bonds is 5. The minimum Gasteiger partial charge on any atom is -0.480 e. The number of carboxylic acid groups (broad SMARTS) is 1. The molecule has 0 unspecified atom stereocenters. The maximum Gasteiger partial charge on any atom is 0.325 e. The Morgan fingerprint density at radius 1 is 1.53 bits per heavy atom. The zero-order valence-corrected chi connectivity index (χ0v) is 9.70. The highest BCUT2D eigenvalue weighted by molar-refractivity contribution is 7.98. The quantitative estimate of drug-likeness (QED) is 0.689. The van der Waals surface area contributed by atoms with Gasteiger partial charge in [-0.1, -0.05) is 11.8 Å². The Hall–Kier alpha value is -1.97. The SMILES string of the molecule is Cn1cnnc1CSc1nnnn1CC(=O)O. The molecule has 2 aromatic heterocycles. The molecule has 0 aromatic carbocycles. The topological polar surface area (TPSA) is 112 Å². The van der Waals surface area contributed by atoms with E-state index in [-0.39, 0.29) is 6.54 Å². The van der Waals surface area contributed by atoms with Gasteiger partial charge in [-0.25, -0.2) is 4.68 Å². The highest BCUT2D eigenvalue weighted by Gasteiger charge is 2.11. The highest BCUT2D eigenvalue weighted by atomic mass is 32.2. The van der Waals surface area contributed by atoms with Crippen LogP contribution in [0.3, 0.4) is 0 Å². The smallest absolute Gasteiger partial charge is 0.325 e. The van der Waals surface area contributed by atoms with E-state index < -0.39 is 5.97 Å². The van der Waals surface area contributed by atoms with Crippen molar-refractivity contribution in [1.29, 1.82) is 0 Å². The molecular formula is C7H9N7O2S. The van der Waals surface area contributed by atoms with E-state index >= 15 is 0 Å². The van der Waals surface area contributed by atoms with Crippen LogP contribution in [0.25, 0.3) is 0 Å². The van der Waals surface area contributed by atoms with Gasteiger partial charge in [0.2, 0.25) is 5.16 Å². The average molecular weight is 255 g/mol. The molecule has 0 fully saturated rings. The second kappa shape index (κ2) is 4.91. The lowest BCUT2D eigenvalue weighted by Crippen LogP contribution is -2.11. The molecule has 0 saturated carbocycles. The van der Waals surface area contributed by atoms with Crippen molar-refractivity contribution in [2.45, 2.75) is 17.5 Å². The molecule has 0 aliphatic rings. The first kappa shape index (κ1) is 11.5. The molecule has 0 atom stereocenters. The molecule has 0 bridgehead atoms. The van der Waals surface area contributed by atoms with Gasteiger partial charge in [0.1, 0.15) is 18.7 Å². The average Bonchev–Trinajstić information content (AvgIpc) is 2.84. The Balaban J connectivity index is 2.02. The number of aryl methyl sites for hydroxylation is 1. The number of tetrazole rings is 1. The lowest BCUT2D eigenvalue weighted by molar-refractivity contribution is -0.138. The summed E-state index contributed by atoms with van der Waals surface area (Å²) in [7, 11) is 1.83. The molecule has 0 saturated heterocycles. The maximum absolute atomic E-state index is 10.6. The Morgan fingerprint density at radius 3 is 3.00 bits per heavy atom. The lowest BCUT2D eigenvalue weighted by atomic mass is 10.7. The van der Waals surface area contributed by atoms with E-state index in [9.17, 15) is 4.79 Å². The fourth-order valence-corrected chi connectivity index (χ4v) is 1.96. The second-order valence-corrected chi connectivity index (χ2v) is 4.10. The number of nitrogens with zero attached hydrogens (tertiary/aromatic N) is 7. The molecule has 10 heteroatoms. The predicted molar refractivity (Wildman–Crippen MR) is 56.0 cm³/mol. The monoisotopic (exact) mass is 255 g/mol. The number of aliphatic carboxylic acids is 1. The number of hydrogen-bond acceptors (Lipinski definition) is 7. The normalized spacial score (nSPS) is 10.6. The molecule has 0 radical (unpaired) electrons. The Labute approximate surface area is 99.8 Å². The largest absolute Gasteiger partial charge is 0.480 e. The van der Waals surface area contributed by atoms with Crippen LogP contribution in [0, 0.1) is 0 Å². The Kier molecular flexibility index (Phi) is 3.32. The number of thioether (sulfide) groups is 1. The highest BCUT2D eigenvalue weighted by Crippen LogP contribution is 2.17. The van der Waals surface area contributed by atoms with Crippen LogP contribution < -0.4 is 0 Å². The summed E-state index contributed by atoms with van der Waals surface area (Å²) < 4.78 is 3.00. The summed E-state index contributed by atoms with van der Waals surface area (Å²) in [5.74, 6) is 0.300. The third-order valence-corrected chi connectivity index (χ3v) is 2.87. The molecule has 0 spiro atoms. The Morgan fingerprint density at radius 2 is 2.35 bits per heavy atom. The van der Waals surface area contributed by atoms with E-state index in [1.165, 1.54) is 16.4 Å². The van der Waals surface area contributed by atoms with Crippen molar-refractivity contribution in [3.05, 3.63) is 12.2 Å². The first-order valence-corrected chi connectivity index (χ1v) is 5.59. The molecule has 0 aliphatic carbocycles. The van der Waals surface area contributed by atoms with Gasteiger partial charge in [0.15, 0.2) is 0 Å². The fraction of sp³-hybridized carbons (Fsp3) is 0.429. The Bertz CT molecular complexity index is 522. The van der Waals surface area contributed by atoms with E-state index in [0.29, 0.717) is 10.9 Å². The summed E-state index contributed by atoms with van der Waals surface area (Å²) >= 11 is 1.31. The van der Waals surface area contributed by atoms with Crippen molar-refractivity contribution in [2.24, 2.45) is 7.05 Å². The van der Waals surface area contributed by atoms with Crippen LogP contribution in [0.1, 0.15) is 5.82 Å². The summed E-state index contributed by atoms with van der Waals surface area (Å²) in [6, 6.07) is 0. The minimum absolute atomic E-state index is 0.256. The third kappa shape index (κ3) is 2.78. The van der Waals surface area contributed by atoms with Crippen molar-refractivity contribution >= 4 is 17.7 Å². The lowest BCUT2D eigenvalue weighted by Gasteiger charge is -2.00. The van der Waals surface area contributed by atoms with Gasteiger partial charge in [0.25, 0.3) is 0 Å². The molecule has 2 heterocycles. The number of hydrogen-bond donors (Lipinski definition) is 1. The molecule has 9 nitrogen and oxygen atoms in total. The summed E-state index contributed by atoms with van der Waals surface area (Å²) in [6.45, 7) is -0.256. The van der Waals surface area contributed by atoms with E-state index in [0.717, 1.165) is 5.82 Å². The predicted octanol–water partition coefficient (Wildman–Crippen LogP) is -0.822. The van der Waals surface area contributed by atoms with Gasteiger partial charge in [-0.15, -0.1) is 15.3 Å². The summed E-state index contributed by atoms with van der Waals surface area (Å²) in [6.07, 6.45) is 1.59. The van der Waals surface area contributed by atoms with Gasteiger partial charge in [-0.05, 0) is 10.4 Å². The van der Waals surface area contributed by atoms with Gasteiger partial charge < -0.3 is 9.67 Å². The van der Waals surface area contributed by atoms with E-state index in [1.54, 1.807) is 10.9 Å². The van der Waals surface area contributed by atoms with Crippen LogP contribution >= 0.6 is 11.8 Å². The molecule has 2 aromatic rings. The van der Waals surface area contributed by atoms with Gasteiger partial charge >= 0.3 is 5.97 Å². The second-order valence-electron chi connectivity index (χ2n) is 3.16. The minimum atomic E-state index is -0.988. The van der Waals surface area contributed by atoms with Crippen LogP contribution in [0.2, 0.25) is 0 Å². The van der Waals surface area contributed by atoms with Crippen molar-refractivity contribution in [2.75, 3.05) is 0 Å². The fourth-order valence-electron chi connectivity index (χ4n) is 1.09. The zero-order chi connectivity index (χ0) is 12.3. The standard InChI is InChI=1S/C7H9N7O2S/c1-13-4-8-9-5(13)3-17-7-10-11-12-14(7)2-6(15)16/h4H,2-3H2,1H3,(H,15,16). The van der Waals surface area contributed by atoms with Crippen LogP contribution in [0.4, 0.5) is 0 Å². The van der Waals surface area contributed by atoms with Gasteiger partial charge in [-0.2, -0.15) is 0 Å². The maximum atomic E-state index is 10.6. The van der Waals surface area contributed by atoms with Gasteiger partial charge in [0.05, 0.1) is 5.75 Å². The van der Waals surface area contributed by atoms with Crippen molar-refractivity contribution < 1.29 is 9.90 Å². The van der Waals surface area contributed by atoms with Crippen LogP contribution in [-0.4, -0.2) is 46.0 Å². The van der Waals surface area contributed by atoms with Crippen LogP contribution in [0.5, 0.6) is 0 Å². The first-order valence-electron chi connectivity index (χ1n) is 4.60. The molecule has 17 heavy (non-hydrogen) atoms. The van der Waals surface area contributed by atoms with E-state index in [1.807, 2.05) is 7.05 Å². The third-order valence-electron chi connectivity index (χ3n) is 1.92. The van der Waals surface area contributed by atoms with Gasteiger partial charge in [-0.3, -0.25) is 4.79 Å². The van der Waals surface area contributed by atoms with Crippen molar-refractivity contribution in [1.82, 2.24) is 35.0 Å². The van der Waals surface area contributed by atoms with Gasteiger partial charge in [0, 0.05) is 7.05 Å². The molecular weight excluding hydrogens is 246 g/mol. The van der Waals surface area contributed by atoms with E-state index in [4.69, 9.17) is 5.11 Å². The van der Waals surface area contributed by atoms with E-state index in [2.05, 4.69) is 25.7 Å².